The summed E-state index contributed by atoms with van der Waals surface area (Å²) in [6, 6.07) is 64.7. The number of hydrogen-bond donors (Lipinski definition) is 0. The number of benzene rings is 9. The predicted octanol–water partition coefficient (Wildman–Crippen LogP) is 16.2. The topological polar surface area (TPSA) is 59.8 Å². The zero-order chi connectivity index (χ0) is 54.1. The van der Waals surface area contributed by atoms with Crippen LogP contribution in [0.15, 0.2) is 180 Å². The first-order valence-corrected chi connectivity index (χ1v) is 27.8. The largest absolute Gasteiger partial charge is 0.486 e. The van der Waals surface area contributed by atoms with Crippen molar-refractivity contribution in [2.45, 2.75) is 78.6 Å². The lowest BCUT2D eigenvalue weighted by Crippen LogP contribution is -2.61. The number of ether oxygens (including phenoxy) is 4. The molecule has 0 radical (unpaired) electrons. The lowest BCUT2D eigenvalue weighted by molar-refractivity contribution is 0.171. The van der Waals surface area contributed by atoms with E-state index in [-0.39, 0.29) is 23.0 Å². The molecule has 14 rings (SSSR count). The Morgan fingerprint density at radius 2 is 1.04 bits per heavy atom. The first-order valence-electron chi connectivity index (χ1n) is 27.8. The van der Waals surface area contributed by atoms with Gasteiger partial charge >= 0.3 is 0 Å². The minimum absolute atomic E-state index is 0.0300. The van der Waals surface area contributed by atoms with Crippen LogP contribution in [0.5, 0.6) is 23.0 Å². The molecule has 9 aromatic carbocycles. The highest BCUT2D eigenvalue weighted by Gasteiger charge is 2.47. The van der Waals surface area contributed by atoms with Crippen LogP contribution >= 0.6 is 0 Å². The lowest BCUT2D eigenvalue weighted by atomic mass is 9.33. The van der Waals surface area contributed by atoms with Crippen LogP contribution in [0, 0.1) is 0 Å². The third kappa shape index (κ3) is 8.19. The highest BCUT2D eigenvalue weighted by molar-refractivity contribution is 7.00. The first-order chi connectivity index (χ1) is 38.0. The molecule has 1 aromatic heterocycles. The van der Waals surface area contributed by atoms with E-state index < -0.39 is 0 Å². The fourth-order valence-corrected chi connectivity index (χ4v) is 12.2. The van der Waals surface area contributed by atoms with Crippen LogP contribution in [-0.4, -0.2) is 33.1 Å². The van der Waals surface area contributed by atoms with E-state index in [4.69, 9.17) is 23.4 Å². The maximum absolute atomic E-state index is 6.85. The second kappa shape index (κ2) is 18.0. The van der Waals surface area contributed by atoms with E-state index in [1.165, 1.54) is 27.6 Å². The average molecular weight is 1040 g/mol. The molecule has 8 nitrogen and oxygen atoms in total. The molecule has 0 atom stereocenters. The Kier molecular flexibility index (Phi) is 11.1. The van der Waals surface area contributed by atoms with Gasteiger partial charge in [0, 0.05) is 45.1 Å². The highest BCUT2D eigenvalue weighted by Crippen LogP contribution is 2.55. The summed E-state index contributed by atoms with van der Waals surface area (Å²) < 4.78 is 32.8. The van der Waals surface area contributed by atoms with Crippen molar-refractivity contribution in [2.75, 3.05) is 41.1 Å². The van der Waals surface area contributed by atoms with Crippen molar-refractivity contribution in [1.82, 2.24) is 0 Å². The molecule has 79 heavy (non-hydrogen) atoms. The van der Waals surface area contributed by atoms with Crippen molar-refractivity contribution in [2.24, 2.45) is 0 Å². The summed E-state index contributed by atoms with van der Waals surface area (Å²) in [6.45, 7) is 22.2. The summed E-state index contributed by atoms with van der Waals surface area (Å²) in [5.74, 6) is 3.69. The van der Waals surface area contributed by atoms with Crippen molar-refractivity contribution < 1.29 is 23.4 Å². The Balaban J connectivity index is 1.07. The van der Waals surface area contributed by atoms with E-state index >= 15 is 0 Å². The summed E-state index contributed by atoms with van der Waals surface area (Å²) in [7, 11) is 0. The standard InChI is InChI=1S/C70H64BN3O5/c1-68(2,3)47-20-26-50(27-21-47)72(52-25-19-43-37-46(18-17-44(43)38-52)63-39-45-13-10-11-15-60(45)79-63)53-41-58-64-59(42-53)74(57-14-12-16-61-66(57)77-35-33-75-61)65-54(30-32-62-67(65)78-36-34-76-62)71(64)55-40-49(70(7,8)9)24-31-56(55)73(58)51-28-22-48(23-29-51)69(4,5)6/h10-32,37-42H,33-36H2,1-9H3. The molecular weight excluding hydrogens is 974 g/mol. The fraction of sp³-hybridized carbons (Fsp3) is 0.229. The number of fused-ring (bicyclic) bond motifs is 9. The first kappa shape index (κ1) is 48.8. The van der Waals surface area contributed by atoms with Gasteiger partial charge in [0.2, 0.25) is 0 Å². The molecule has 0 unspecified atom stereocenters. The van der Waals surface area contributed by atoms with Gasteiger partial charge in [0.25, 0.3) is 6.71 Å². The van der Waals surface area contributed by atoms with Gasteiger partial charge in [-0.3, -0.25) is 0 Å². The van der Waals surface area contributed by atoms with Gasteiger partial charge in [-0.05, 0) is 151 Å². The molecule has 0 amide bonds. The number of rotatable bonds is 6. The number of hydrogen-bond acceptors (Lipinski definition) is 8. The van der Waals surface area contributed by atoms with Gasteiger partial charge in [0.1, 0.15) is 37.8 Å². The summed E-state index contributed by atoms with van der Waals surface area (Å²) in [5, 5.41) is 3.32. The Morgan fingerprint density at radius 3 is 1.76 bits per heavy atom. The van der Waals surface area contributed by atoms with E-state index in [0.29, 0.717) is 37.9 Å². The summed E-state index contributed by atoms with van der Waals surface area (Å²) in [4.78, 5) is 7.32. The molecule has 0 fully saturated rings. The van der Waals surface area contributed by atoms with Gasteiger partial charge < -0.3 is 38.1 Å². The van der Waals surface area contributed by atoms with Crippen molar-refractivity contribution in [3.8, 4) is 34.3 Å². The van der Waals surface area contributed by atoms with E-state index in [1.54, 1.807) is 0 Å². The van der Waals surface area contributed by atoms with E-state index in [9.17, 15) is 0 Å². The van der Waals surface area contributed by atoms with Crippen molar-refractivity contribution >= 4 is 96.0 Å². The van der Waals surface area contributed by atoms with Crippen LogP contribution in [0.1, 0.15) is 79.0 Å². The molecule has 0 N–H and O–H groups in total. The van der Waals surface area contributed by atoms with Gasteiger partial charge in [-0.15, -0.1) is 0 Å². The van der Waals surface area contributed by atoms with Gasteiger partial charge in [-0.2, -0.15) is 0 Å². The summed E-state index contributed by atoms with van der Waals surface area (Å²) in [6.07, 6.45) is 0. The van der Waals surface area contributed by atoms with Crippen molar-refractivity contribution in [3.63, 3.8) is 0 Å². The van der Waals surface area contributed by atoms with Gasteiger partial charge in [0.05, 0.1) is 17.1 Å². The summed E-state index contributed by atoms with van der Waals surface area (Å²) >= 11 is 0. The Morgan fingerprint density at radius 1 is 0.418 bits per heavy atom. The second-order valence-electron chi connectivity index (χ2n) is 24.7. The van der Waals surface area contributed by atoms with Gasteiger partial charge in [-0.1, -0.05) is 147 Å². The van der Waals surface area contributed by atoms with Gasteiger partial charge in [0.15, 0.2) is 23.0 Å². The SMILES string of the molecule is CC(C)(C)c1ccc(N(c2cc3c4c(c2)N(c2cccc5c2OCCO5)c2c(ccc5c2OCCO5)B4c2cc(C(C)(C)C)ccc2N3c2ccc(C(C)(C)C)cc2)c2ccc3cc(-c4cc5ccccc5o4)ccc3c2)cc1. The molecule has 4 aliphatic rings. The molecule has 0 bridgehead atoms. The number of para-hydroxylation sites is 2. The zero-order valence-corrected chi connectivity index (χ0v) is 46.5. The minimum Gasteiger partial charge on any atom is -0.486 e. The number of nitrogens with zero attached hydrogens (tertiary/aromatic N) is 3. The Bertz CT molecular complexity index is 4030. The molecule has 5 heterocycles. The molecule has 10 aromatic rings. The number of furan rings is 1. The monoisotopic (exact) mass is 1040 g/mol. The summed E-state index contributed by atoms with van der Waals surface area (Å²) in [5.41, 5.74) is 18.2. The molecule has 392 valence electrons. The van der Waals surface area contributed by atoms with Crippen LogP contribution < -0.4 is 50.0 Å². The average Bonchev–Trinajstić information content (AvgIpc) is 4.06. The smallest absolute Gasteiger partial charge is 0.252 e. The highest BCUT2D eigenvalue weighted by atomic mass is 16.6. The Hall–Kier alpha value is -8.56. The second-order valence-corrected chi connectivity index (χ2v) is 24.7. The molecule has 4 aliphatic heterocycles. The van der Waals surface area contributed by atoms with E-state index in [1.807, 2.05) is 18.2 Å². The Labute approximate surface area is 463 Å². The maximum atomic E-state index is 6.85. The van der Waals surface area contributed by atoms with Crippen LogP contribution in [0.2, 0.25) is 0 Å². The molecular formula is C70H64BN3O5. The normalized spacial score (nSPS) is 14.5. The van der Waals surface area contributed by atoms with E-state index in [2.05, 4.69) is 235 Å². The molecule has 0 saturated heterocycles. The fourth-order valence-electron chi connectivity index (χ4n) is 12.2. The maximum Gasteiger partial charge on any atom is 0.252 e. The van der Waals surface area contributed by atoms with Crippen molar-refractivity contribution in [1.29, 1.82) is 0 Å². The van der Waals surface area contributed by atoms with Crippen LogP contribution in [0.3, 0.4) is 0 Å². The zero-order valence-electron chi connectivity index (χ0n) is 46.5. The third-order valence-corrected chi connectivity index (χ3v) is 16.4. The van der Waals surface area contributed by atoms with Gasteiger partial charge in [-0.25, -0.2) is 0 Å². The number of anilines is 9. The lowest BCUT2D eigenvalue weighted by Gasteiger charge is -2.46. The molecule has 9 heteroatoms. The molecule has 0 saturated carbocycles. The van der Waals surface area contributed by atoms with Crippen LogP contribution in [0.25, 0.3) is 33.1 Å². The van der Waals surface area contributed by atoms with Crippen LogP contribution in [0.4, 0.5) is 51.2 Å². The minimum atomic E-state index is -0.193. The quantitative estimate of drug-likeness (QED) is 0.153. The van der Waals surface area contributed by atoms with Crippen molar-refractivity contribution in [3.05, 3.63) is 193 Å². The van der Waals surface area contributed by atoms with E-state index in [0.717, 1.165) is 101 Å². The molecule has 0 spiro atoms. The predicted molar refractivity (Wildman–Crippen MR) is 326 cm³/mol. The third-order valence-electron chi connectivity index (χ3n) is 16.4. The van der Waals surface area contributed by atoms with Crippen LogP contribution in [-0.2, 0) is 16.2 Å². The molecule has 0 aliphatic carbocycles.